The molecule has 2 aliphatic rings. The Balaban J connectivity index is 0.00000132. The van der Waals surface area contributed by atoms with E-state index < -0.39 is 0 Å². The predicted molar refractivity (Wildman–Crippen MR) is 93.3 cm³/mol. The molecule has 0 radical (unpaired) electrons. The molecule has 1 atom stereocenters. The van der Waals surface area contributed by atoms with Crippen LogP contribution in [0, 0.1) is 0 Å². The number of nitrogens with zero attached hydrogens (tertiary/aromatic N) is 2. The molecule has 0 aromatic heterocycles. The highest BCUT2D eigenvalue weighted by Gasteiger charge is 2.33. The Bertz CT molecular complexity index is 599. The average Bonchev–Trinajstić information content (AvgIpc) is 2.86. The first-order chi connectivity index (χ1) is 9.90. The number of para-hydroxylation sites is 1. The second-order valence-corrected chi connectivity index (χ2v) is 5.90. The van der Waals surface area contributed by atoms with Crippen molar-refractivity contribution >= 4 is 22.7 Å². The van der Waals surface area contributed by atoms with E-state index in [1.807, 2.05) is 0 Å². The van der Waals surface area contributed by atoms with Gasteiger partial charge in [-0.05, 0) is 23.6 Å². The minimum absolute atomic E-state index is 0. The molecule has 1 unspecified atom stereocenters. The van der Waals surface area contributed by atoms with Gasteiger partial charge in [0.25, 0.3) is 0 Å². The lowest BCUT2D eigenvalue weighted by Gasteiger charge is -2.39. The van der Waals surface area contributed by atoms with Crippen LogP contribution in [0.2, 0.25) is 0 Å². The van der Waals surface area contributed by atoms with Crippen LogP contribution in [0.1, 0.15) is 11.1 Å². The SMILES string of the molecule is Br.c1ccc(CN2CCN3c4ccccc4CC3C2)cc1. The van der Waals surface area contributed by atoms with Gasteiger partial charge in [0.1, 0.15) is 0 Å². The van der Waals surface area contributed by atoms with E-state index in [0.29, 0.717) is 6.04 Å². The van der Waals surface area contributed by atoms with Crippen molar-refractivity contribution in [1.82, 2.24) is 4.90 Å². The Morgan fingerprint density at radius 3 is 2.52 bits per heavy atom. The molecule has 2 aromatic rings. The summed E-state index contributed by atoms with van der Waals surface area (Å²) in [6.45, 7) is 4.60. The Kier molecular flexibility index (Phi) is 4.32. The molecule has 0 aliphatic carbocycles. The lowest BCUT2D eigenvalue weighted by molar-refractivity contribution is 0.219. The van der Waals surface area contributed by atoms with Gasteiger partial charge in [-0.1, -0.05) is 48.5 Å². The molecule has 21 heavy (non-hydrogen) atoms. The molecule has 2 aliphatic heterocycles. The molecule has 2 nitrogen and oxygen atoms in total. The van der Waals surface area contributed by atoms with Crippen LogP contribution in [-0.2, 0) is 13.0 Å². The van der Waals surface area contributed by atoms with E-state index in [1.54, 1.807) is 0 Å². The highest BCUT2D eigenvalue weighted by molar-refractivity contribution is 8.93. The van der Waals surface area contributed by atoms with Crippen LogP contribution in [0.4, 0.5) is 5.69 Å². The van der Waals surface area contributed by atoms with Crippen molar-refractivity contribution in [3.63, 3.8) is 0 Å². The Hall–Kier alpha value is -1.32. The van der Waals surface area contributed by atoms with Crippen LogP contribution < -0.4 is 4.90 Å². The van der Waals surface area contributed by atoms with Gasteiger partial charge >= 0.3 is 0 Å². The lowest BCUT2D eigenvalue weighted by Crippen LogP contribution is -2.51. The first kappa shape index (κ1) is 14.6. The van der Waals surface area contributed by atoms with E-state index in [0.717, 1.165) is 13.1 Å². The van der Waals surface area contributed by atoms with Crippen molar-refractivity contribution in [3.05, 3.63) is 65.7 Å². The third kappa shape index (κ3) is 2.85. The van der Waals surface area contributed by atoms with E-state index in [9.17, 15) is 0 Å². The molecule has 4 rings (SSSR count). The zero-order valence-electron chi connectivity index (χ0n) is 12.1. The molecule has 0 bridgehead atoms. The fourth-order valence-electron chi connectivity index (χ4n) is 3.61. The van der Waals surface area contributed by atoms with Crippen LogP contribution in [0.25, 0.3) is 0 Å². The van der Waals surface area contributed by atoms with Gasteiger partial charge in [-0.2, -0.15) is 0 Å². The first-order valence-corrected chi connectivity index (χ1v) is 7.51. The van der Waals surface area contributed by atoms with Crippen LogP contribution in [0.5, 0.6) is 0 Å². The van der Waals surface area contributed by atoms with Gasteiger partial charge in [0, 0.05) is 37.9 Å². The maximum Gasteiger partial charge on any atom is 0.0458 e. The smallest absolute Gasteiger partial charge is 0.0458 e. The summed E-state index contributed by atoms with van der Waals surface area (Å²) in [4.78, 5) is 5.21. The normalized spacial score (nSPS) is 20.6. The highest BCUT2D eigenvalue weighted by Crippen LogP contribution is 2.33. The summed E-state index contributed by atoms with van der Waals surface area (Å²) in [5, 5.41) is 0. The monoisotopic (exact) mass is 344 g/mol. The quantitative estimate of drug-likeness (QED) is 0.822. The van der Waals surface area contributed by atoms with Crippen molar-refractivity contribution < 1.29 is 0 Å². The Morgan fingerprint density at radius 1 is 0.905 bits per heavy atom. The molecule has 1 fully saturated rings. The number of anilines is 1. The van der Waals surface area contributed by atoms with Gasteiger partial charge in [0.05, 0.1) is 0 Å². The van der Waals surface area contributed by atoms with E-state index in [-0.39, 0.29) is 17.0 Å². The van der Waals surface area contributed by atoms with Gasteiger partial charge in [0.2, 0.25) is 0 Å². The summed E-state index contributed by atoms with van der Waals surface area (Å²) in [7, 11) is 0. The van der Waals surface area contributed by atoms with E-state index >= 15 is 0 Å². The van der Waals surface area contributed by atoms with Gasteiger partial charge in [-0.15, -0.1) is 17.0 Å². The average molecular weight is 345 g/mol. The van der Waals surface area contributed by atoms with Crippen molar-refractivity contribution in [2.75, 3.05) is 24.5 Å². The van der Waals surface area contributed by atoms with E-state index in [1.165, 1.54) is 36.3 Å². The maximum absolute atomic E-state index is 2.61. The van der Waals surface area contributed by atoms with Crippen molar-refractivity contribution in [2.24, 2.45) is 0 Å². The summed E-state index contributed by atoms with van der Waals surface area (Å²) in [5.74, 6) is 0. The topological polar surface area (TPSA) is 6.48 Å². The standard InChI is InChI=1S/C18H20N2.BrH/c1-2-6-15(7-3-1)13-19-10-11-20-17(14-19)12-16-8-4-5-9-18(16)20;/h1-9,17H,10-14H2;1H. The number of hydrogen-bond donors (Lipinski definition) is 0. The van der Waals surface area contributed by atoms with E-state index in [2.05, 4.69) is 64.4 Å². The summed E-state index contributed by atoms with van der Waals surface area (Å²) >= 11 is 0. The fourth-order valence-corrected chi connectivity index (χ4v) is 3.61. The number of benzene rings is 2. The zero-order chi connectivity index (χ0) is 13.4. The minimum atomic E-state index is 0. The lowest BCUT2D eigenvalue weighted by atomic mass is 10.1. The molecule has 0 spiro atoms. The van der Waals surface area contributed by atoms with Gasteiger partial charge in [-0.3, -0.25) is 4.90 Å². The number of hydrogen-bond acceptors (Lipinski definition) is 2. The largest absolute Gasteiger partial charge is 0.365 e. The summed E-state index contributed by atoms with van der Waals surface area (Å²) < 4.78 is 0. The molecule has 2 heterocycles. The first-order valence-electron chi connectivity index (χ1n) is 7.51. The molecule has 3 heteroatoms. The fraction of sp³-hybridized carbons (Fsp3) is 0.333. The third-order valence-electron chi connectivity index (χ3n) is 4.57. The summed E-state index contributed by atoms with van der Waals surface area (Å²) in [6.07, 6.45) is 1.21. The Morgan fingerprint density at radius 2 is 1.67 bits per heavy atom. The van der Waals surface area contributed by atoms with Crippen LogP contribution in [0.15, 0.2) is 54.6 Å². The van der Waals surface area contributed by atoms with Crippen LogP contribution >= 0.6 is 17.0 Å². The summed E-state index contributed by atoms with van der Waals surface area (Å²) in [5.41, 5.74) is 4.42. The molecular weight excluding hydrogens is 324 g/mol. The van der Waals surface area contributed by atoms with Crippen molar-refractivity contribution in [3.8, 4) is 0 Å². The van der Waals surface area contributed by atoms with Gasteiger partial charge < -0.3 is 4.90 Å². The second kappa shape index (κ2) is 6.20. The number of halogens is 1. The highest BCUT2D eigenvalue weighted by atomic mass is 79.9. The number of fused-ring (bicyclic) bond motifs is 3. The van der Waals surface area contributed by atoms with E-state index in [4.69, 9.17) is 0 Å². The minimum Gasteiger partial charge on any atom is -0.365 e. The maximum atomic E-state index is 2.61. The van der Waals surface area contributed by atoms with Crippen LogP contribution in [-0.4, -0.2) is 30.6 Å². The molecule has 110 valence electrons. The number of piperazine rings is 1. The molecule has 0 saturated carbocycles. The van der Waals surface area contributed by atoms with Crippen molar-refractivity contribution in [1.29, 1.82) is 0 Å². The predicted octanol–water partition coefficient (Wildman–Crippen LogP) is 3.51. The van der Waals surface area contributed by atoms with Gasteiger partial charge in [-0.25, -0.2) is 0 Å². The van der Waals surface area contributed by atoms with Crippen LogP contribution in [0.3, 0.4) is 0 Å². The van der Waals surface area contributed by atoms with Gasteiger partial charge in [0.15, 0.2) is 0 Å². The molecule has 1 saturated heterocycles. The zero-order valence-corrected chi connectivity index (χ0v) is 13.8. The Labute approximate surface area is 137 Å². The number of rotatable bonds is 2. The molecular formula is C18H21BrN2. The molecule has 0 amide bonds. The summed E-state index contributed by atoms with van der Waals surface area (Å²) in [6, 6.07) is 20.4. The third-order valence-corrected chi connectivity index (χ3v) is 4.57. The molecule has 2 aromatic carbocycles. The second-order valence-electron chi connectivity index (χ2n) is 5.90. The van der Waals surface area contributed by atoms with Crippen molar-refractivity contribution in [2.45, 2.75) is 19.0 Å². The molecule has 0 N–H and O–H groups in total.